The van der Waals surface area contributed by atoms with Crippen molar-refractivity contribution in [3.8, 4) is 0 Å². The van der Waals surface area contributed by atoms with Gasteiger partial charge in [-0.25, -0.2) is 4.39 Å². The lowest BCUT2D eigenvalue weighted by Crippen LogP contribution is -2.04. The quantitative estimate of drug-likeness (QED) is 0.779. The SMILES string of the molecule is Cc1cc(C(O)c2cc3cccc(F)c3o2)c(C)nn1. The second-order valence-electron chi connectivity index (χ2n) is 4.74. The van der Waals surface area contributed by atoms with E-state index in [9.17, 15) is 9.50 Å². The molecular formula is C15H13FN2O2. The summed E-state index contributed by atoms with van der Waals surface area (Å²) < 4.78 is 19.0. The van der Waals surface area contributed by atoms with Gasteiger partial charge in [0.05, 0.1) is 11.4 Å². The normalized spacial score (nSPS) is 12.8. The summed E-state index contributed by atoms with van der Waals surface area (Å²) in [7, 11) is 0. The summed E-state index contributed by atoms with van der Waals surface area (Å²) in [4.78, 5) is 0. The van der Waals surface area contributed by atoms with Crippen LogP contribution in [-0.2, 0) is 0 Å². The van der Waals surface area contributed by atoms with Gasteiger partial charge >= 0.3 is 0 Å². The number of nitrogens with zero attached hydrogens (tertiary/aromatic N) is 2. The highest BCUT2D eigenvalue weighted by atomic mass is 19.1. The van der Waals surface area contributed by atoms with Crippen LogP contribution in [0.25, 0.3) is 11.0 Å². The molecule has 0 amide bonds. The molecule has 2 heterocycles. The van der Waals surface area contributed by atoms with Crippen LogP contribution in [0.5, 0.6) is 0 Å². The van der Waals surface area contributed by atoms with E-state index in [1.807, 2.05) is 0 Å². The third kappa shape index (κ3) is 2.06. The number of hydrogen-bond acceptors (Lipinski definition) is 4. The van der Waals surface area contributed by atoms with Gasteiger partial charge in [0.1, 0.15) is 11.9 Å². The smallest absolute Gasteiger partial charge is 0.170 e. The van der Waals surface area contributed by atoms with E-state index in [2.05, 4.69) is 10.2 Å². The lowest BCUT2D eigenvalue weighted by molar-refractivity contribution is 0.190. The second kappa shape index (κ2) is 4.68. The van der Waals surface area contributed by atoms with Crippen molar-refractivity contribution in [2.45, 2.75) is 20.0 Å². The van der Waals surface area contributed by atoms with Crippen molar-refractivity contribution in [3.05, 3.63) is 58.9 Å². The maximum atomic E-state index is 13.6. The van der Waals surface area contributed by atoms with Crippen molar-refractivity contribution in [1.29, 1.82) is 0 Å². The molecule has 1 atom stereocenters. The molecule has 2 aromatic heterocycles. The number of furan rings is 1. The third-order valence-corrected chi connectivity index (χ3v) is 3.22. The van der Waals surface area contributed by atoms with E-state index in [4.69, 9.17) is 4.42 Å². The summed E-state index contributed by atoms with van der Waals surface area (Å²) in [6, 6.07) is 8.05. The van der Waals surface area contributed by atoms with E-state index in [0.717, 1.165) is 0 Å². The zero-order valence-corrected chi connectivity index (χ0v) is 11.1. The maximum Gasteiger partial charge on any atom is 0.170 e. The van der Waals surface area contributed by atoms with Crippen LogP contribution >= 0.6 is 0 Å². The molecule has 1 N–H and O–H groups in total. The number of aliphatic hydroxyl groups is 1. The van der Waals surface area contributed by atoms with Crippen LogP contribution in [0.3, 0.4) is 0 Å². The first-order chi connectivity index (χ1) is 9.56. The summed E-state index contributed by atoms with van der Waals surface area (Å²) in [5.41, 5.74) is 2.07. The van der Waals surface area contributed by atoms with Crippen LogP contribution in [0.4, 0.5) is 4.39 Å². The fraction of sp³-hybridized carbons (Fsp3) is 0.200. The standard InChI is InChI=1S/C15H13FN2O2/c1-8-6-11(9(2)18-17-8)14(19)13-7-10-4-3-5-12(16)15(10)20-13/h3-7,14,19H,1-2H3. The number of benzene rings is 1. The molecule has 0 aliphatic carbocycles. The third-order valence-electron chi connectivity index (χ3n) is 3.22. The zero-order chi connectivity index (χ0) is 14.3. The molecule has 1 unspecified atom stereocenters. The summed E-state index contributed by atoms with van der Waals surface area (Å²) in [6.07, 6.45) is -0.990. The lowest BCUT2D eigenvalue weighted by Gasteiger charge is -2.10. The Labute approximate surface area is 114 Å². The molecule has 4 nitrogen and oxygen atoms in total. The predicted octanol–water partition coefficient (Wildman–Crippen LogP) is 3.06. The van der Waals surface area contributed by atoms with E-state index in [1.54, 1.807) is 38.1 Å². The van der Waals surface area contributed by atoms with Gasteiger partial charge in [0, 0.05) is 10.9 Å². The molecule has 0 saturated carbocycles. The lowest BCUT2D eigenvalue weighted by atomic mass is 10.1. The molecular weight excluding hydrogens is 259 g/mol. The van der Waals surface area contributed by atoms with E-state index in [0.29, 0.717) is 28.1 Å². The fourth-order valence-electron chi connectivity index (χ4n) is 2.18. The topological polar surface area (TPSA) is 59.2 Å². The molecule has 0 fully saturated rings. The average Bonchev–Trinajstić information content (AvgIpc) is 2.86. The van der Waals surface area contributed by atoms with Crippen molar-refractivity contribution in [2.75, 3.05) is 0 Å². The highest BCUT2D eigenvalue weighted by Crippen LogP contribution is 2.30. The highest BCUT2D eigenvalue weighted by molar-refractivity contribution is 5.78. The Hall–Kier alpha value is -2.27. The average molecular weight is 272 g/mol. The van der Waals surface area contributed by atoms with Crippen molar-refractivity contribution in [2.24, 2.45) is 0 Å². The van der Waals surface area contributed by atoms with Gasteiger partial charge in [-0.2, -0.15) is 10.2 Å². The zero-order valence-electron chi connectivity index (χ0n) is 11.1. The molecule has 5 heteroatoms. The second-order valence-corrected chi connectivity index (χ2v) is 4.74. The summed E-state index contributed by atoms with van der Waals surface area (Å²) in [5, 5.41) is 18.9. The van der Waals surface area contributed by atoms with E-state index in [1.165, 1.54) is 6.07 Å². The minimum Gasteiger partial charge on any atom is -0.455 e. The Balaban J connectivity index is 2.10. The molecule has 1 aromatic carbocycles. The number of aromatic nitrogens is 2. The number of aliphatic hydroxyl groups excluding tert-OH is 1. The van der Waals surface area contributed by atoms with E-state index < -0.39 is 11.9 Å². The van der Waals surface area contributed by atoms with Gasteiger partial charge in [-0.15, -0.1) is 0 Å². The van der Waals surface area contributed by atoms with Crippen LogP contribution in [0.2, 0.25) is 0 Å². The van der Waals surface area contributed by atoms with Gasteiger partial charge in [0.25, 0.3) is 0 Å². The Kier molecular flexibility index (Phi) is 2.99. The predicted molar refractivity (Wildman–Crippen MR) is 71.7 cm³/mol. The number of aryl methyl sites for hydroxylation is 2. The van der Waals surface area contributed by atoms with Crippen molar-refractivity contribution >= 4 is 11.0 Å². The molecule has 3 aromatic rings. The maximum absolute atomic E-state index is 13.6. The van der Waals surface area contributed by atoms with E-state index >= 15 is 0 Å². The van der Waals surface area contributed by atoms with Gasteiger partial charge in [-0.05, 0) is 32.0 Å². The number of halogens is 1. The van der Waals surface area contributed by atoms with Crippen LogP contribution in [0.15, 0.2) is 34.7 Å². The first-order valence-corrected chi connectivity index (χ1v) is 6.23. The summed E-state index contributed by atoms with van der Waals surface area (Å²) in [5.74, 6) is -0.151. The molecule has 0 aliphatic rings. The van der Waals surface area contributed by atoms with Crippen molar-refractivity contribution < 1.29 is 13.9 Å². The number of para-hydroxylation sites is 1. The van der Waals surface area contributed by atoms with Gasteiger partial charge < -0.3 is 9.52 Å². The molecule has 3 rings (SSSR count). The van der Waals surface area contributed by atoms with Gasteiger partial charge in [-0.3, -0.25) is 0 Å². The molecule has 102 valence electrons. The minimum absolute atomic E-state index is 0.151. The highest BCUT2D eigenvalue weighted by Gasteiger charge is 2.19. The number of hydrogen-bond donors (Lipinski definition) is 1. The van der Waals surface area contributed by atoms with Crippen LogP contribution in [-0.4, -0.2) is 15.3 Å². The van der Waals surface area contributed by atoms with Gasteiger partial charge in [0.2, 0.25) is 0 Å². The largest absolute Gasteiger partial charge is 0.455 e. The molecule has 0 saturated heterocycles. The van der Waals surface area contributed by atoms with Crippen LogP contribution in [0, 0.1) is 19.7 Å². The summed E-state index contributed by atoms with van der Waals surface area (Å²) >= 11 is 0. The molecule has 0 radical (unpaired) electrons. The first-order valence-electron chi connectivity index (χ1n) is 6.23. The Morgan fingerprint density at radius 2 is 2.00 bits per heavy atom. The molecule has 0 bridgehead atoms. The molecule has 0 aliphatic heterocycles. The van der Waals surface area contributed by atoms with Crippen LogP contribution in [0.1, 0.15) is 28.8 Å². The Bertz CT molecular complexity index is 783. The number of fused-ring (bicyclic) bond motifs is 1. The van der Waals surface area contributed by atoms with Gasteiger partial charge in [-0.1, -0.05) is 12.1 Å². The van der Waals surface area contributed by atoms with E-state index in [-0.39, 0.29) is 5.58 Å². The fourth-order valence-corrected chi connectivity index (χ4v) is 2.18. The Morgan fingerprint density at radius 3 is 2.75 bits per heavy atom. The summed E-state index contributed by atoms with van der Waals surface area (Å²) in [6.45, 7) is 3.55. The van der Waals surface area contributed by atoms with Crippen molar-refractivity contribution in [3.63, 3.8) is 0 Å². The Morgan fingerprint density at radius 1 is 1.20 bits per heavy atom. The molecule has 0 spiro atoms. The minimum atomic E-state index is -0.990. The first kappa shape index (κ1) is 12.7. The number of rotatable bonds is 2. The monoisotopic (exact) mass is 272 g/mol. The molecule has 20 heavy (non-hydrogen) atoms. The van der Waals surface area contributed by atoms with Gasteiger partial charge in [0.15, 0.2) is 11.4 Å². The van der Waals surface area contributed by atoms with Crippen LogP contribution < -0.4 is 0 Å². The van der Waals surface area contributed by atoms with Crippen molar-refractivity contribution in [1.82, 2.24) is 10.2 Å².